The Bertz CT molecular complexity index is 2140. The van der Waals surface area contributed by atoms with E-state index >= 15 is 4.39 Å². The molecule has 1 saturated heterocycles. The summed E-state index contributed by atoms with van der Waals surface area (Å²) < 4.78 is 55.5. The van der Waals surface area contributed by atoms with Gasteiger partial charge in [-0.1, -0.05) is 0 Å². The van der Waals surface area contributed by atoms with E-state index < -0.39 is 21.7 Å². The number of rotatable bonds is 8. The number of benzene rings is 2. The summed E-state index contributed by atoms with van der Waals surface area (Å²) in [5.74, 6) is -0.506. The number of hydrogen-bond donors (Lipinski definition) is 3. The van der Waals surface area contributed by atoms with Gasteiger partial charge in [0.25, 0.3) is 0 Å². The molecule has 0 spiro atoms. The second-order valence-electron chi connectivity index (χ2n) is 11.1. The fraction of sp³-hybridized carbons (Fsp3) is 0.226. The monoisotopic (exact) mass is 614 g/mol. The molecule has 0 unspecified atom stereocenters. The predicted molar refractivity (Wildman–Crippen MR) is 164 cm³/mol. The third-order valence-electron chi connectivity index (χ3n) is 7.78. The molecule has 7 rings (SSSR count). The number of aromatic nitrogens is 6. The van der Waals surface area contributed by atoms with Crippen LogP contribution in [-0.2, 0) is 23.1 Å². The molecule has 44 heavy (non-hydrogen) atoms. The van der Waals surface area contributed by atoms with Gasteiger partial charge in [-0.05, 0) is 79.0 Å². The van der Waals surface area contributed by atoms with Crippen LogP contribution in [0.5, 0.6) is 0 Å². The Morgan fingerprint density at radius 3 is 2.61 bits per heavy atom. The molecule has 224 valence electrons. The third kappa shape index (κ3) is 5.68. The van der Waals surface area contributed by atoms with Crippen LogP contribution in [0.3, 0.4) is 0 Å². The summed E-state index contributed by atoms with van der Waals surface area (Å²) in [5, 5.41) is 8.00. The molecule has 0 radical (unpaired) electrons. The molecule has 13 heteroatoms. The zero-order chi connectivity index (χ0) is 30.4. The first-order valence-electron chi connectivity index (χ1n) is 14.1. The SMILES string of the molecule is CS(=O)(=O)NCc1cc(F)cc(-c2ccnc3[nH]c(-c4n[nH]c5cc(F)c(-c6cncc(CN7CCCC7)c6)cc45)nc23)c1. The summed E-state index contributed by atoms with van der Waals surface area (Å²) in [7, 11) is -3.46. The first-order chi connectivity index (χ1) is 21.2. The van der Waals surface area contributed by atoms with E-state index in [0.29, 0.717) is 61.4 Å². The Morgan fingerprint density at radius 1 is 0.977 bits per heavy atom. The van der Waals surface area contributed by atoms with Gasteiger partial charge in [-0.25, -0.2) is 31.9 Å². The molecule has 3 N–H and O–H groups in total. The minimum absolute atomic E-state index is 0.0571. The lowest BCUT2D eigenvalue weighted by Gasteiger charge is -2.15. The van der Waals surface area contributed by atoms with Crippen LogP contribution in [0.25, 0.3) is 55.8 Å². The maximum atomic E-state index is 15.4. The van der Waals surface area contributed by atoms with Crippen molar-refractivity contribution in [1.29, 1.82) is 0 Å². The van der Waals surface area contributed by atoms with Crippen LogP contribution in [0.1, 0.15) is 24.0 Å². The molecule has 2 aromatic carbocycles. The molecule has 5 heterocycles. The third-order valence-corrected chi connectivity index (χ3v) is 8.45. The van der Waals surface area contributed by atoms with Crippen molar-refractivity contribution in [3.05, 3.63) is 83.8 Å². The first kappa shape index (κ1) is 28.2. The van der Waals surface area contributed by atoms with Crippen LogP contribution in [0.2, 0.25) is 0 Å². The van der Waals surface area contributed by atoms with Crippen LogP contribution in [0, 0.1) is 11.6 Å². The normalized spacial score (nSPS) is 14.2. The second-order valence-corrected chi connectivity index (χ2v) is 12.9. The Morgan fingerprint density at radius 2 is 1.80 bits per heavy atom. The molecular formula is C31H28F2N8O2S. The lowest BCUT2D eigenvalue weighted by Crippen LogP contribution is -2.21. The Hall–Kier alpha value is -4.59. The quantitative estimate of drug-likeness (QED) is 0.216. The van der Waals surface area contributed by atoms with E-state index in [1.807, 2.05) is 12.3 Å². The molecule has 10 nitrogen and oxygen atoms in total. The van der Waals surface area contributed by atoms with Crippen LogP contribution in [-0.4, -0.2) is 62.8 Å². The summed E-state index contributed by atoms with van der Waals surface area (Å²) in [6.45, 7) is 2.82. The van der Waals surface area contributed by atoms with Gasteiger partial charge >= 0.3 is 0 Å². The van der Waals surface area contributed by atoms with Crippen molar-refractivity contribution in [3.63, 3.8) is 0 Å². The van der Waals surface area contributed by atoms with Gasteiger partial charge in [0, 0.05) is 59.8 Å². The van der Waals surface area contributed by atoms with Gasteiger partial charge in [0.15, 0.2) is 11.5 Å². The van der Waals surface area contributed by atoms with Gasteiger partial charge in [-0.2, -0.15) is 5.10 Å². The number of sulfonamides is 1. The van der Waals surface area contributed by atoms with E-state index in [1.54, 1.807) is 30.6 Å². The van der Waals surface area contributed by atoms with Gasteiger partial charge in [0.2, 0.25) is 10.0 Å². The molecule has 0 bridgehead atoms. The van der Waals surface area contributed by atoms with Crippen molar-refractivity contribution in [2.24, 2.45) is 0 Å². The summed E-state index contributed by atoms with van der Waals surface area (Å²) in [5.41, 5.74) is 5.59. The van der Waals surface area contributed by atoms with Crippen LogP contribution >= 0.6 is 0 Å². The van der Waals surface area contributed by atoms with E-state index in [2.05, 4.69) is 34.8 Å². The van der Waals surface area contributed by atoms with Crippen LogP contribution in [0.15, 0.2) is 61.1 Å². The Kier molecular flexibility index (Phi) is 7.15. The van der Waals surface area contributed by atoms with Gasteiger partial charge < -0.3 is 4.98 Å². The van der Waals surface area contributed by atoms with E-state index in [1.165, 1.54) is 31.0 Å². The Labute approximate surface area is 251 Å². The van der Waals surface area contributed by atoms with Gasteiger partial charge in [0.1, 0.15) is 22.8 Å². The van der Waals surface area contributed by atoms with E-state index in [4.69, 9.17) is 4.98 Å². The topological polar surface area (TPSA) is 133 Å². The summed E-state index contributed by atoms with van der Waals surface area (Å²) in [6.07, 6.45) is 8.48. The molecule has 1 aliphatic rings. The maximum Gasteiger partial charge on any atom is 0.209 e. The molecule has 0 atom stereocenters. The number of likely N-dealkylation sites (tertiary alicyclic amines) is 1. The number of pyridine rings is 2. The summed E-state index contributed by atoms with van der Waals surface area (Å²) in [6, 6.07) is 11.2. The summed E-state index contributed by atoms with van der Waals surface area (Å²) >= 11 is 0. The molecule has 1 aliphatic heterocycles. The summed E-state index contributed by atoms with van der Waals surface area (Å²) in [4.78, 5) is 19.1. The fourth-order valence-electron chi connectivity index (χ4n) is 5.74. The minimum Gasteiger partial charge on any atom is -0.321 e. The van der Waals surface area contributed by atoms with Crippen molar-refractivity contribution < 1.29 is 17.2 Å². The molecule has 0 amide bonds. The zero-order valence-electron chi connectivity index (χ0n) is 23.7. The van der Waals surface area contributed by atoms with Crippen molar-refractivity contribution >= 4 is 32.1 Å². The van der Waals surface area contributed by atoms with Crippen molar-refractivity contribution in [1.82, 2.24) is 39.8 Å². The smallest absolute Gasteiger partial charge is 0.209 e. The number of H-pyrrole nitrogens is 2. The molecule has 0 saturated carbocycles. The molecule has 6 aromatic rings. The van der Waals surface area contributed by atoms with E-state index in [-0.39, 0.29) is 6.54 Å². The first-order valence-corrected chi connectivity index (χ1v) is 16.0. The van der Waals surface area contributed by atoms with Gasteiger partial charge in [-0.3, -0.25) is 15.0 Å². The van der Waals surface area contributed by atoms with Gasteiger partial charge in [-0.15, -0.1) is 0 Å². The van der Waals surface area contributed by atoms with Crippen molar-refractivity contribution in [3.8, 4) is 33.8 Å². The number of hydrogen-bond acceptors (Lipinski definition) is 7. The van der Waals surface area contributed by atoms with Crippen LogP contribution in [0.4, 0.5) is 8.78 Å². The van der Waals surface area contributed by atoms with Crippen molar-refractivity contribution in [2.45, 2.75) is 25.9 Å². The largest absolute Gasteiger partial charge is 0.321 e. The number of imidazole rings is 1. The number of fused-ring (bicyclic) bond motifs is 2. The maximum absolute atomic E-state index is 15.4. The highest BCUT2D eigenvalue weighted by molar-refractivity contribution is 7.88. The molecule has 1 fully saturated rings. The minimum atomic E-state index is -3.46. The predicted octanol–water partition coefficient (Wildman–Crippen LogP) is 5.15. The Balaban J connectivity index is 1.26. The lowest BCUT2D eigenvalue weighted by molar-refractivity contribution is 0.331. The second kappa shape index (κ2) is 11.2. The van der Waals surface area contributed by atoms with E-state index in [0.717, 1.165) is 31.5 Å². The number of aromatic amines is 2. The molecular weight excluding hydrogens is 586 g/mol. The average Bonchev–Trinajstić information content (AvgIpc) is 3.75. The number of halogens is 2. The highest BCUT2D eigenvalue weighted by Crippen LogP contribution is 2.34. The fourth-order valence-corrected chi connectivity index (χ4v) is 6.17. The van der Waals surface area contributed by atoms with Crippen LogP contribution < -0.4 is 4.72 Å². The number of nitrogens with one attached hydrogen (secondary N) is 3. The molecule has 4 aromatic heterocycles. The van der Waals surface area contributed by atoms with E-state index in [9.17, 15) is 12.8 Å². The lowest BCUT2D eigenvalue weighted by atomic mass is 10.0. The highest BCUT2D eigenvalue weighted by Gasteiger charge is 2.19. The van der Waals surface area contributed by atoms with Gasteiger partial charge in [0.05, 0.1) is 11.8 Å². The highest BCUT2D eigenvalue weighted by atomic mass is 32.2. The standard InChI is InChI=1S/C31H28F2N8O2S/c1-44(42,43)36-15-18-8-20(11-22(32)10-18)23-4-5-35-30-28(23)37-31(38-30)29-25-12-24(26(33)13-27(25)39-40-29)21-9-19(14-34-16-21)17-41-6-2-3-7-41/h4-5,8-14,16,36H,2-3,6-7,15,17H2,1H3,(H,39,40)(H,35,37,38). The average molecular weight is 615 g/mol. The number of nitrogens with zero attached hydrogens (tertiary/aromatic N) is 5. The van der Waals surface area contributed by atoms with Crippen molar-refractivity contribution in [2.75, 3.05) is 19.3 Å². The molecule has 0 aliphatic carbocycles. The zero-order valence-corrected chi connectivity index (χ0v) is 24.5.